The van der Waals surface area contributed by atoms with Crippen molar-refractivity contribution in [3.63, 3.8) is 0 Å². The third-order valence-corrected chi connectivity index (χ3v) is 4.37. The van der Waals surface area contributed by atoms with E-state index >= 15 is 0 Å². The summed E-state index contributed by atoms with van der Waals surface area (Å²) in [5.41, 5.74) is 2.13. The second-order valence-corrected chi connectivity index (χ2v) is 6.41. The zero-order valence-electron chi connectivity index (χ0n) is 15.3. The molecule has 0 aliphatic carbocycles. The molecule has 1 heterocycles. The first kappa shape index (κ1) is 19.7. The number of hydrogen-bond acceptors (Lipinski definition) is 5. The Labute approximate surface area is 160 Å². The summed E-state index contributed by atoms with van der Waals surface area (Å²) >= 11 is 0. The molecule has 27 heavy (non-hydrogen) atoms. The van der Waals surface area contributed by atoms with Crippen molar-refractivity contribution in [1.82, 2.24) is 0 Å². The lowest BCUT2D eigenvalue weighted by molar-refractivity contribution is -0.147. The highest BCUT2D eigenvalue weighted by Gasteiger charge is 2.45. The van der Waals surface area contributed by atoms with Crippen molar-refractivity contribution in [2.75, 3.05) is 13.2 Å². The fourth-order valence-electron chi connectivity index (χ4n) is 3.03. The Morgan fingerprint density at radius 2 is 1.52 bits per heavy atom. The second-order valence-electron chi connectivity index (χ2n) is 6.41. The minimum Gasteiger partial charge on any atom is -0.374 e. The molecule has 0 spiro atoms. The van der Waals surface area contributed by atoms with E-state index in [1.807, 2.05) is 60.7 Å². The molecule has 5 nitrogen and oxygen atoms in total. The molecule has 1 saturated heterocycles. The fourth-order valence-corrected chi connectivity index (χ4v) is 3.03. The molecule has 1 fully saturated rings. The third-order valence-electron chi connectivity index (χ3n) is 4.37. The summed E-state index contributed by atoms with van der Waals surface area (Å²) in [5, 5.41) is 10.3. The summed E-state index contributed by atoms with van der Waals surface area (Å²) < 4.78 is 23.2. The van der Waals surface area contributed by atoms with Gasteiger partial charge in [-0.2, -0.15) is 0 Å². The summed E-state index contributed by atoms with van der Waals surface area (Å²) in [6, 6.07) is 19.8. The molecule has 0 bridgehead atoms. The van der Waals surface area contributed by atoms with Gasteiger partial charge in [-0.3, -0.25) is 0 Å². The van der Waals surface area contributed by atoms with Crippen molar-refractivity contribution in [1.29, 1.82) is 0 Å². The molecule has 1 aliphatic rings. The lowest BCUT2D eigenvalue weighted by Crippen LogP contribution is -2.39. The van der Waals surface area contributed by atoms with Gasteiger partial charge >= 0.3 is 0 Å². The van der Waals surface area contributed by atoms with Crippen molar-refractivity contribution >= 4 is 0 Å². The van der Waals surface area contributed by atoms with Gasteiger partial charge in [0, 0.05) is 0 Å². The Balaban J connectivity index is 1.59. The third kappa shape index (κ3) is 5.73. The van der Waals surface area contributed by atoms with Crippen LogP contribution in [0.2, 0.25) is 0 Å². The number of ether oxygens (including phenoxy) is 4. The summed E-state index contributed by atoms with van der Waals surface area (Å²) in [6.45, 7) is 5.15. The summed E-state index contributed by atoms with van der Waals surface area (Å²) in [4.78, 5) is 0. The highest BCUT2D eigenvalue weighted by molar-refractivity contribution is 5.14. The summed E-state index contributed by atoms with van der Waals surface area (Å²) in [7, 11) is 0. The van der Waals surface area contributed by atoms with Crippen LogP contribution in [0.5, 0.6) is 0 Å². The van der Waals surface area contributed by atoms with Crippen molar-refractivity contribution in [2.45, 2.75) is 37.8 Å². The highest BCUT2D eigenvalue weighted by atomic mass is 16.7. The number of aliphatic hydroxyl groups excluding tert-OH is 1. The van der Waals surface area contributed by atoms with Gasteiger partial charge in [0.2, 0.25) is 0 Å². The molecule has 0 amide bonds. The van der Waals surface area contributed by atoms with Crippen LogP contribution in [0.3, 0.4) is 0 Å². The van der Waals surface area contributed by atoms with Gasteiger partial charge in [0.25, 0.3) is 0 Å². The molecule has 1 N–H and O–H groups in total. The van der Waals surface area contributed by atoms with E-state index < -0.39 is 24.6 Å². The fraction of sp³-hybridized carbons (Fsp3) is 0.364. The van der Waals surface area contributed by atoms with Gasteiger partial charge in [-0.25, -0.2) is 0 Å². The maximum absolute atomic E-state index is 10.3. The van der Waals surface area contributed by atoms with Gasteiger partial charge in [0.05, 0.1) is 26.4 Å². The first-order valence-corrected chi connectivity index (χ1v) is 9.11. The minimum absolute atomic E-state index is 0.305. The number of hydrogen-bond donors (Lipinski definition) is 1. The van der Waals surface area contributed by atoms with Gasteiger partial charge in [-0.05, 0) is 11.1 Å². The van der Waals surface area contributed by atoms with Crippen LogP contribution in [0.15, 0.2) is 73.3 Å². The van der Waals surface area contributed by atoms with Gasteiger partial charge in [0.15, 0.2) is 6.29 Å². The normalized spacial score (nSPS) is 24.8. The van der Waals surface area contributed by atoms with E-state index in [9.17, 15) is 5.11 Å². The SMILES string of the molecule is C=CCO[C@H]1C(O)O[C@H](COCc2ccccc2)[C@H]1OCc1ccccc1. The van der Waals surface area contributed by atoms with E-state index in [1.54, 1.807) is 6.08 Å². The summed E-state index contributed by atoms with van der Waals surface area (Å²) in [5.74, 6) is 0. The van der Waals surface area contributed by atoms with Crippen molar-refractivity contribution in [3.05, 3.63) is 84.4 Å². The van der Waals surface area contributed by atoms with Gasteiger partial charge in [-0.1, -0.05) is 66.7 Å². The Morgan fingerprint density at radius 1 is 0.889 bits per heavy atom. The maximum Gasteiger partial charge on any atom is 0.184 e. The second kappa shape index (κ2) is 10.3. The van der Waals surface area contributed by atoms with Crippen LogP contribution in [-0.4, -0.2) is 42.9 Å². The molecule has 2 aromatic rings. The predicted molar refractivity (Wildman–Crippen MR) is 102 cm³/mol. The molecule has 0 aromatic heterocycles. The maximum atomic E-state index is 10.3. The predicted octanol–water partition coefficient (Wildman–Crippen LogP) is 3.08. The van der Waals surface area contributed by atoms with E-state index in [4.69, 9.17) is 18.9 Å². The van der Waals surface area contributed by atoms with Crippen LogP contribution < -0.4 is 0 Å². The molecule has 1 aliphatic heterocycles. The Hall–Kier alpha value is -2.02. The lowest BCUT2D eigenvalue weighted by Gasteiger charge is -2.23. The van der Waals surface area contributed by atoms with E-state index in [0.717, 1.165) is 11.1 Å². The smallest absolute Gasteiger partial charge is 0.184 e. The Bertz CT molecular complexity index is 676. The Morgan fingerprint density at radius 3 is 2.15 bits per heavy atom. The van der Waals surface area contributed by atoms with E-state index in [2.05, 4.69) is 6.58 Å². The van der Waals surface area contributed by atoms with Crippen LogP contribution in [-0.2, 0) is 32.2 Å². The first-order valence-electron chi connectivity index (χ1n) is 9.11. The zero-order valence-corrected chi connectivity index (χ0v) is 15.3. The number of rotatable bonds is 10. The highest BCUT2D eigenvalue weighted by Crippen LogP contribution is 2.27. The molecule has 1 unspecified atom stereocenters. The average molecular weight is 370 g/mol. The standard InChI is InChI=1S/C22H26O5/c1-2-13-25-21-20(26-15-18-11-7-4-8-12-18)19(27-22(21)23)16-24-14-17-9-5-3-6-10-17/h2-12,19-23H,1,13-16H2/t19-,20-,21-,22?/m1/s1. The molecule has 4 atom stereocenters. The van der Waals surface area contributed by atoms with E-state index in [1.165, 1.54) is 0 Å². The molecule has 2 aromatic carbocycles. The lowest BCUT2D eigenvalue weighted by atomic mass is 10.1. The van der Waals surface area contributed by atoms with Crippen LogP contribution >= 0.6 is 0 Å². The van der Waals surface area contributed by atoms with Crippen molar-refractivity contribution < 1.29 is 24.1 Å². The topological polar surface area (TPSA) is 57.2 Å². The van der Waals surface area contributed by atoms with Gasteiger partial charge in [0.1, 0.15) is 18.3 Å². The van der Waals surface area contributed by atoms with Crippen LogP contribution in [0.25, 0.3) is 0 Å². The zero-order chi connectivity index (χ0) is 18.9. The number of benzene rings is 2. The minimum atomic E-state index is -1.06. The van der Waals surface area contributed by atoms with Gasteiger partial charge < -0.3 is 24.1 Å². The molecule has 3 rings (SSSR count). The molecular weight excluding hydrogens is 344 g/mol. The van der Waals surface area contributed by atoms with Gasteiger partial charge in [-0.15, -0.1) is 6.58 Å². The van der Waals surface area contributed by atoms with Crippen molar-refractivity contribution in [3.8, 4) is 0 Å². The number of aliphatic hydroxyl groups is 1. The van der Waals surface area contributed by atoms with E-state index in [0.29, 0.717) is 26.4 Å². The molecular formula is C22H26O5. The molecule has 0 saturated carbocycles. The van der Waals surface area contributed by atoms with Crippen LogP contribution in [0.4, 0.5) is 0 Å². The van der Waals surface area contributed by atoms with Crippen molar-refractivity contribution in [2.24, 2.45) is 0 Å². The summed E-state index contributed by atoms with van der Waals surface area (Å²) in [6.07, 6.45) is -0.855. The largest absolute Gasteiger partial charge is 0.374 e. The van der Waals surface area contributed by atoms with E-state index in [-0.39, 0.29) is 0 Å². The quantitative estimate of drug-likeness (QED) is 0.652. The van der Waals surface area contributed by atoms with Crippen LogP contribution in [0, 0.1) is 0 Å². The molecule has 5 heteroatoms. The molecule has 0 radical (unpaired) electrons. The first-order chi connectivity index (χ1) is 13.3. The average Bonchev–Trinajstić information content (AvgIpc) is 3.00. The molecule has 144 valence electrons. The monoisotopic (exact) mass is 370 g/mol. The Kier molecular flexibility index (Phi) is 7.56. The van der Waals surface area contributed by atoms with Crippen LogP contribution in [0.1, 0.15) is 11.1 Å².